The van der Waals surface area contributed by atoms with Gasteiger partial charge in [-0.25, -0.2) is 0 Å². The highest BCUT2D eigenvalue weighted by atomic mass is 16.1. The number of nitrogens with one attached hydrogen (secondary N) is 2. The Labute approximate surface area is 126 Å². The third-order valence-corrected chi connectivity index (χ3v) is 3.94. The molecule has 1 aliphatic carbocycles. The summed E-state index contributed by atoms with van der Waals surface area (Å²) in [7, 11) is 0. The summed E-state index contributed by atoms with van der Waals surface area (Å²) in [6.07, 6.45) is 1.55. The molecule has 0 aliphatic heterocycles. The molecule has 2 aromatic heterocycles. The number of aromatic amines is 2. The molecule has 112 valence electrons. The molecule has 0 amide bonds. The minimum absolute atomic E-state index is 0.201. The predicted octanol–water partition coefficient (Wildman–Crippen LogP) is 1.93. The Morgan fingerprint density at radius 2 is 1.59 bits per heavy atom. The Balaban J connectivity index is 2.38. The van der Waals surface area contributed by atoms with Crippen LogP contribution in [0.4, 0.5) is 0 Å². The van der Waals surface area contributed by atoms with Gasteiger partial charge in [-0.3, -0.25) is 14.4 Å². The average molecular weight is 296 g/mol. The minimum atomic E-state index is -0.367. The summed E-state index contributed by atoms with van der Waals surface area (Å²) >= 11 is 0. The zero-order chi connectivity index (χ0) is 16.0. The second kappa shape index (κ2) is 4.94. The molecule has 0 spiro atoms. The number of fused-ring (bicyclic) bond motifs is 2. The summed E-state index contributed by atoms with van der Waals surface area (Å²) in [5.74, 6) is -0.367. The number of hydrogen-bond donors (Lipinski definition) is 2. The van der Waals surface area contributed by atoms with Crippen molar-refractivity contribution in [2.24, 2.45) is 0 Å². The fourth-order valence-corrected chi connectivity index (χ4v) is 3.09. The second-order valence-corrected chi connectivity index (χ2v) is 5.53. The van der Waals surface area contributed by atoms with E-state index in [9.17, 15) is 14.4 Å². The van der Waals surface area contributed by atoms with E-state index in [4.69, 9.17) is 0 Å². The molecule has 22 heavy (non-hydrogen) atoms. The van der Waals surface area contributed by atoms with Gasteiger partial charge in [0.1, 0.15) is 0 Å². The summed E-state index contributed by atoms with van der Waals surface area (Å²) in [5, 5.41) is 0. The lowest BCUT2D eigenvalue weighted by molar-refractivity contribution is 0.102. The van der Waals surface area contributed by atoms with Crippen LogP contribution in [0.15, 0.2) is 28.3 Å². The van der Waals surface area contributed by atoms with Crippen molar-refractivity contribution in [3.05, 3.63) is 73.1 Å². The van der Waals surface area contributed by atoms with E-state index < -0.39 is 0 Å². The van der Waals surface area contributed by atoms with E-state index in [0.29, 0.717) is 28.7 Å². The first kappa shape index (κ1) is 14.3. The number of aryl methyl sites for hydroxylation is 2. The molecule has 2 heterocycles. The zero-order valence-electron chi connectivity index (χ0n) is 12.5. The molecule has 3 rings (SSSR count). The molecule has 0 radical (unpaired) electrons. The van der Waals surface area contributed by atoms with Gasteiger partial charge >= 0.3 is 0 Å². The van der Waals surface area contributed by atoms with E-state index >= 15 is 0 Å². The smallest absolute Gasteiger partial charge is 0.248 e. The lowest BCUT2D eigenvalue weighted by atomic mass is 9.82. The van der Waals surface area contributed by atoms with E-state index in [-0.39, 0.29) is 28.3 Å². The van der Waals surface area contributed by atoms with Gasteiger partial charge in [-0.2, -0.15) is 0 Å². The molecule has 0 atom stereocenters. The highest BCUT2D eigenvalue weighted by molar-refractivity contribution is 6.17. The number of H-pyrrole nitrogens is 2. The standard InChI is InChI=1S/C17H16N2O3/c1-4-5-10-7-12(21)19-16-14(10)9(3)13-8(2)6-11(20)18-15(13)17(16)22/h6-7H,3-5H2,1-2H3,(H,18,20)(H,19,21). The molecule has 2 N–H and O–H groups in total. The van der Waals surface area contributed by atoms with E-state index in [1.807, 2.05) is 6.92 Å². The molecule has 0 bridgehead atoms. The first-order chi connectivity index (χ1) is 10.4. The minimum Gasteiger partial charge on any atom is -0.319 e. The molecule has 2 aromatic rings. The summed E-state index contributed by atoms with van der Waals surface area (Å²) in [6, 6.07) is 2.97. The summed E-state index contributed by atoms with van der Waals surface area (Å²) in [4.78, 5) is 41.3. The van der Waals surface area contributed by atoms with Crippen LogP contribution in [0.3, 0.4) is 0 Å². The predicted molar refractivity (Wildman–Crippen MR) is 84.4 cm³/mol. The first-order valence-electron chi connectivity index (χ1n) is 7.18. The highest BCUT2D eigenvalue weighted by Crippen LogP contribution is 2.35. The van der Waals surface area contributed by atoms with Crippen molar-refractivity contribution in [2.75, 3.05) is 0 Å². The lowest BCUT2D eigenvalue weighted by Crippen LogP contribution is -2.27. The van der Waals surface area contributed by atoms with Crippen LogP contribution in [0.2, 0.25) is 0 Å². The maximum Gasteiger partial charge on any atom is 0.248 e. The largest absolute Gasteiger partial charge is 0.319 e. The Morgan fingerprint density at radius 1 is 1.00 bits per heavy atom. The monoisotopic (exact) mass is 296 g/mol. The Hall–Kier alpha value is -2.69. The first-order valence-corrected chi connectivity index (χ1v) is 7.18. The van der Waals surface area contributed by atoms with Crippen LogP contribution >= 0.6 is 0 Å². The van der Waals surface area contributed by atoms with E-state index in [2.05, 4.69) is 16.5 Å². The summed E-state index contributed by atoms with van der Waals surface area (Å²) in [6.45, 7) is 7.89. The van der Waals surface area contributed by atoms with Crippen molar-refractivity contribution in [2.45, 2.75) is 26.7 Å². The van der Waals surface area contributed by atoms with Crippen molar-refractivity contribution >= 4 is 11.4 Å². The molecule has 0 fully saturated rings. The quantitative estimate of drug-likeness (QED) is 0.758. The van der Waals surface area contributed by atoms with Gasteiger partial charge in [-0.1, -0.05) is 19.9 Å². The van der Waals surface area contributed by atoms with Gasteiger partial charge in [0.25, 0.3) is 0 Å². The van der Waals surface area contributed by atoms with Crippen LogP contribution in [0.1, 0.15) is 51.8 Å². The van der Waals surface area contributed by atoms with Crippen molar-refractivity contribution in [3.63, 3.8) is 0 Å². The van der Waals surface area contributed by atoms with Crippen LogP contribution in [-0.2, 0) is 6.42 Å². The number of rotatable bonds is 2. The molecular weight excluding hydrogens is 280 g/mol. The third kappa shape index (κ3) is 1.97. The molecule has 0 unspecified atom stereocenters. The van der Waals surface area contributed by atoms with E-state index in [0.717, 1.165) is 12.0 Å². The van der Waals surface area contributed by atoms with Gasteiger partial charge < -0.3 is 9.97 Å². The number of pyridine rings is 2. The SMILES string of the molecule is C=C1c2c(C)cc(=O)[nH]c2C(=O)c2[nH]c(=O)cc(CCC)c21. The highest BCUT2D eigenvalue weighted by Gasteiger charge is 2.31. The van der Waals surface area contributed by atoms with Crippen LogP contribution in [0.25, 0.3) is 5.57 Å². The normalized spacial score (nSPS) is 13.0. The van der Waals surface area contributed by atoms with Crippen LogP contribution in [0, 0.1) is 6.92 Å². The summed E-state index contributed by atoms with van der Waals surface area (Å²) < 4.78 is 0. The van der Waals surface area contributed by atoms with Crippen LogP contribution in [-0.4, -0.2) is 15.8 Å². The lowest BCUT2D eigenvalue weighted by Gasteiger charge is -2.23. The van der Waals surface area contributed by atoms with Crippen molar-refractivity contribution in [1.82, 2.24) is 9.97 Å². The topological polar surface area (TPSA) is 82.8 Å². The van der Waals surface area contributed by atoms with Gasteiger partial charge in [0, 0.05) is 23.3 Å². The number of carbonyl (C=O) groups is 1. The van der Waals surface area contributed by atoms with Gasteiger partial charge in [0.15, 0.2) is 0 Å². The molecule has 0 saturated heterocycles. The maximum atomic E-state index is 12.7. The van der Waals surface area contributed by atoms with Gasteiger partial charge in [-0.05, 0) is 30.0 Å². The van der Waals surface area contributed by atoms with Gasteiger partial charge in [0.05, 0.1) is 11.4 Å². The van der Waals surface area contributed by atoms with Crippen molar-refractivity contribution < 1.29 is 4.79 Å². The number of ketones is 1. The number of hydrogen-bond acceptors (Lipinski definition) is 3. The second-order valence-electron chi connectivity index (χ2n) is 5.53. The molecule has 1 aliphatic rings. The van der Waals surface area contributed by atoms with Crippen molar-refractivity contribution in [3.8, 4) is 0 Å². The average Bonchev–Trinajstić information content (AvgIpc) is 2.43. The third-order valence-electron chi connectivity index (χ3n) is 3.94. The molecular formula is C17H16N2O3. The van der Waals surface area contributed by atoms with Crippen LogP contribution in [0.5, 0.6) is 0 Å². The zero-order valence-corrected chi connectivity index (χ0v) is 12.5. The Morgan fingerprint density at radius 3 is 2.23 bits per heavy atom. The molecule has 0 saturated carbocycles. The van der Waals surface area contributed by atoms with Crippen LogP contribution < -0.4 is 11.1 Å². The van der Waals surface area contributed by atoms with E-state index in [1.165, 1.54) is 12.1 Å². The number of aromatic nitrogens is 2. The Kier molecular flexibility index (Phi) is 3.20. The molecule has 0 aromatic carbocycles. The summed E-state index contributed by atoms with van der Waals surface area (Å²) in [5.41, 5.74) is 3.29. The van der Waals surface area contributed by atoms with Gasteiger partial charge in [0.2, 0.25) is 16.9 Å². The maximum absolute atomic E-state index is 12.7. The van der Waals surface area contributed by atoms with Crippen molar-refractivity contribution in [1.29, 1.82) is 0 Å². The Bertz CT molecular complexity index is 932. The van der Waals surface area contributed by atoms with Gasteiger partial charge in [-0.15, -0.1) is 0 Å². The number of carbonyl (C=O) groups excluding carboxylic acids is 1. The fraction of sp³-hybridized carbons (Fsp3) is 0.235. The molecule has 5 nitrogen and oxygen atoms in total. The fourth-order valence-electron chi connectivity index (χ4n) is 3.09. The molecule has 5 heteroatoms. The van der Waals surface area contributed by atoms with E-state index in [1.54, 1.807) is 6.92 Å².